The lowest BCUT2D eigenvalue weighted by Gasteiger charge is -2.36. The summed E-state index contributed by atoms with van der Waals surface area (Å²) in [5.74, 6) is 1.50. The molecule has 1 saturated carbocycles. The van der Waals surface area contributed by atoms with Crippen molar-refractivity contribution < 1.29 is 24.2 Å². The molecule has 40 heavy (non-hydrogen) atoms. The number of oxime groups is 1. The van der Waals surface area contributed by atoms with Gasteiger partial charge in [-0.15, -0.1) is 0 Å². The molecule has 0 bridgehead atoms. The Balaban J connectivity index is 1.28. The third kappa shape index (κ3) is 7.40. The van der Waals surface area contributed by atoms with E-state index >= 15 is 0 Å². The van der Waals surface area contributed by atoms with E-state index in [1.54, 1.807) is 6.07 Å². The second-order valence-electron chi connectivity index (χ2n) is 11.4. The van der Waals surface area contributed by atoms with Gasteiger partial charge in [-0.1, -0.05) is 43.3 Å². The average Bonchev–Trinajstić information content (AvgIpc) is 2.90. The molecule has 1 amide bonds. The first-order chi connectivity index (χ1) is 18.9. The van der Waals surface area contributed by atoms with Crippen LogP contribution in [0.1, 0.15) is 70.1 Å². The van der Waals surface area contributed by atoms with Crippen LogP contribution in [-0.2, 0) is 16.8 Å². The summed E-state index contributed by atoms with van der Waals surface area (Å²) in [6.07, 6.45) is 2.73. The van der Waals surface area contributed by atoms with Crippen LogP contribution in [0.3, 0.4) is 0 Å². The maximum absolute atomic E-state index is 11.9. The molecule has 4 rings (SSSR count). The molecule has 0 radical (unpaired) electrons. The van der Waals surface area contributed by atoms with Crippen molar-refractivity contribution in [1.29, 1.82) is 0 Å². The number of carbonyl (C=O) groups is 1. The highest BCUT2D eigenvalue weighted by molar-refractivity contribution is 5.93. The summed E-state index contributed by atoms with van der Waals surface area (Å²) in [6.45, 7) is 10.1. The Morgan fingerprint density at radius 1 is 1.00 bits per heavy atom. The van der Waals surface area contributed by atoms with Gasteiger partial charge in [-0.05, 0) is 62.2 Å². The van der Waals surface area contributed by atoms with Crippen molar-refractivity contribution in [1.82, 2.24) is 15.3 Å². The van der Waals surface area contributed by atoms with Crippen LogP contribution in [0.4, 0.5) is 4.79 Å². The van der Waals surface area contributed by atoms with Crippen LogP contribution in [0.25, 0.3) is 0 Å². The van der Waals surface area contributed by atoms with E-state index < -0.39 is 5.60 Å². The van der Waals surface area contributed by atoms with Crippen LogP contribution in [0, 0.1) is 0 Å². The number of nitrogens with zero attached hydrogens (tertiary/aromatic N) is 3. The minimum Gasteiger partial charge on any atom is -0.490 e. The summed E-state index contributed by atoms with van der Waals surface area (Å²) in [5.41, 5.74) is 7.72. The SMILES string of the molecule is CC(C)(C)OC(=O)NC1CC(Oc2ccc(C(C)(C)c3ccc(OCc4ccnc(/C(N)=N\O)n4)cc3)cc2)C1. The lowest BCUT2D eigenvalue weighted by Crippen LogP contribution is -2.50. The van der Waals surface area contributed by atoms with Crippen LogP contribution in [0.5, 0.6) is 11.5 Å². The van der Waals surface area contributed by atoms with E-state index in [-0.39, 0.29) is 41.9 Å². The van der Waals surface area contributed by atoms with E-state index in [4.69, 9.17) is 25.2 Å². The topological polar surface area (TPSA) is 141 Å². The number of nitrogens with two attached hydrogens (primary N) is 1. The van der Waals surface area contributed by atoms with E-state index in [9.17, 15) is 4.79 Å². The van der Waals surface area contributed by atoms with E-state index in [1.165, 1.54) is 6.20 Å². The summed E-state index contributed by atoms with van der Waals surface area (Å²) in [5, 5.41) is 14.6. The van der Waals surface area contributed by atoms with Gasteiger partial charge in [0.2, 0.25) is 5.84 Å². The lowest BCUT2D eigenvalue weighted by molar-refractivity contribution is 0.0363. The Labute approximate surface area is 234 Å². The number of amides is 1. The van der Waals surface area contributed by atoms with Gasteiger partial charge in [-0.2, -0.15) is 0 Å². The molecule has 0 unspecified atom stereocenters. The van der Waals surface area contributed by atoms with E-state index in [1.807, 2.05) is 57.2 Å². The number of benzene rings is 2. The van der Waals surface area contributed by atoms with Crippen LogP contribution < -0.4 is 20.5 Å². The van der Waals surface area contributed by atoms with Gasteiger partial charge in [0.25, 0.3) is 0 Å². The van der Waals surface area contributed by atoms with Crippen molar-refractivity contribution in [3.63, 3.8) is 0 Å². The molecule has 10 heteroatoms. The number of hydrogen-bond acceptors (Lipinski definition) is 8. The summed E-state index contributed by atoms with van der Waals surface area (Å²) in [7, 11) is 0. The zero-order valence-corrected chi connectivity index (χ0v) is 23.5. The van der Waals surface area contributed by atoms with Crippen molar-refractivity contribution in [3.05, 3.63) is 83.4 Å². The molecule has 2 aromatic carbocycles. The zero-order valence-electron chi connectivity index (χ0n) is 23.5. The van der Waals surface area contributed by atoms with Gasteiger partial charge >= 0.3 is 6.09 Å². The Morgan fingerprint density at radius 3 is 2.17 bits per heavy atom. The first-order valence-corrected chi connectivity index (χ1v) is 13.2. The van der Waals surface area contributed by atoms with Gasteiger partial charge in [0.1, 0.15) is 29.8 Å². The second kappa shape index (κ2) is 11.8. The summed E-state index contributed by atoms with van der Waals surface area (Å²) in [4.78, 5) is 20.1. The van der Waals surface area contributed by atoms with Crippen molar-refractivity contribution >= 4 is 11.9 Å². The minimum absolute atomic E-state index is 0.0699. The van der Waals surface area contributed by atoms with Crippen LogP contribution in [0.15, 0.2) is 65.9 Å². The van der Waals surface area contributed by atoms with Crippen LogP contribution in [0.2, 0.25) is 0 Å². The van der Waals surface area contributed by atoms with Crippen molar-refractivity contribution in [3.8, 4) is 11.5 Å². The van der Waals surface area contributed by atoms with E-state index in [0.29, 0.717) is 11.4 Å². The van der Waals surface area contributed by atoms with Crippen molar-refractivity contribution in [2.75, 3.05) is 0 Å². The second-order valence-corrected chi connectivity index (χ2v) is 11.4. The fraction of sp³-hybridized carbons (Fsp3) is 0.400. The molecule has 0 atom stereocenters. The van der Waals surface area contributed by atoms with Gasteiger partial charge in [0.15, 0.2) is 5.82 Å². The molecule has 10 nitrogen and oxygen atoms in total. The number of rotatable bonds is 9. The van der Waals surface area contributed by atoms with Crippen LogP contribution >= 0.6 is 0 Å². The Kier molecular flexibility index (Phi) is 8.46. The summed E-state index contributed by atoms with van der Waals surface area (Å²) < 4.78 is 17.3. The summed E-state index contributed by atoms with van der Waals surface area (Å²) >= 11 is 0. The summed E-state index contributed by atoms with van der Waals surface area (Å²) in [6, 6.07) is 17.9. The van der Waals surface area contributed by atoms with Gasteiger partial charge in [0.05, 0.1) is 5.69 Å². The van der Waals surface area contributed by atoms with E-state index in [2.05, 4.69) is 46.4 Å². The number of carbonyl (C=O) groups excluding carboxylic acids is 1. The van der Waals surface area contributed by atoms with E-state index in [0.717, 1.165) is 29.7 Å². The molecule has 1 fully saturated rings. The van der Waals surface area contributed by atoms with Gasteiger partial charge in [-0.3, -0.25) is 0 Å². The molecule has 212 valence electrons. The van der Waals surface area contributed by atoms with Gasteiger partial charge in [0, 0.05) is 30.5 Å². The molecule has 3 aromatic rings. The highest BCUT2D eigenvalue weighted by Gasteiger charge is 2.33. The molecule has 1 aliphatic rings. The third-order valence-electron chi connectivity index (χ3n) is 6.71. The number of ether oxygens (including phenoxy) is 3. The lowest BCUT2D eigenvalue weighted by atomic mass is 9.78. The number of alkyl carbamates (subject to hydrolysis) is 1. The molecule has 0 saturated heterocycles. The van der Waals surface area contributed by atoms with Crippen molar-refractivity contribution in [2.24, 2.45) is 10.9 Å². The molecule has 1 heterocycles. The number of amidine groups is 1. The normalized spacial score (nSPS) is 17.5. The predicted molar refractivity (Wildman–Crippen MR) is 151 cm³/mol. The highest BCUT2D eigenvalue weighted by Crippen LogP contribution is 2.34. The van der Waals surface area contributed by atoms with Gasteiger partial charge < -0.3 is 30.5 Å². The third-order valence-corrected chi connectivity index (χ3v) is 6.71. The molecule has 1 aromatic heterocycles. The maximum Gasteiger partial charge on any atom is 0.407 e. The fourth-order valence-electron chi connectivity index (χ4n) is 4.33. The average molecular weight is 548 g/mol. The molecule has 0 aliphatic heterocycles. The molecule has 1 aliphatic carbocycles. The largest absolute Gasteiger partial charge is 0.490 e. The zero-order chi connectivity index (χ0) is 28.9. The number of aromatic nitrogens is 2. The monoisotopic (exact) mass is 547 g/mol. The minimum atomic E-state index is -0.508. The molecular formula is C30H37N5O5. The van der Waals surface area contributed by atoms with Gasteiger partial charge in [-0.25, -0.2) is 14.8 Å². The standard InChI is InChI=1S/C30H37N5O5/c1-29(2,3)40-28(36)34-22-16-25(17-22)39-24-12-8-20(9-13-24)30(4,5)19-6-10-23(11-7-19)38-18-21-14-15-32-27(33-21)26(31)35-37/h6-15,22,25,37H,16-18H2,1-5H3,(H2,31,35)(H,34,36). The molecule has 4 N–H and O–H groups in total. The first kappa shape index (κ1) is 28.7. The smallest absolute Gasteiger partial charge is 0.407 e. The van der Waals surface area contributed by atoms with Crippen molar-refractivity contribution in [2.45, 2.75) is 77.2 Å². The maximum atomic E-state index is 11.9. The number of nitrogens with one attached hydrogen (secondary N) is 1. The Morgan fingerprint density at radius 2 is 1.60 bits per heavy atom. The molecule has 0 spiro atoms. The number of hydrogen-bond donors (Lipinski definition) is 3. The van der Waals surface area contributed by atoms with Crippen LogP contribution in [-0.4, -0.2) is 44.9 Å². The Bertz CT molecular complexity index is 1330. The quantitative estimate of drug-likeness (QED) is 0.149. The predicted octanol–water partition coefficient (Wildman–Crippen LogP) is 4.91. The Hall–Kier alpha value is -4.34. The molecular weight excluding hydrogens is 510 g/mol. The fourth-order valence-corrected chi connectivity index (χ4v) is 4.33. The first-order valence-electron chi connectivity index (χ1n) is 13.2. The highest BCUT2D eigenvalue weighted by atomic mass is 16.6.